The minimum Gasteiger partial charge on any atom is -0.507 e. The molecule has 3 rings (SSSR count). The number of ether oxygens (including phenoxy) is 1. The van der Waals surface area contributed by atoms with E-state index in [1.807, 2.05) is 32.9 Å². The lowest BCUT2D eigenvalue weighted by atomic mass is 10.0. The van der Waals surface area contributed by atoms with Crippen molar-refractivity contribution >= 4 is 40.8 Å². The zero-order chi connectivity index (χ0) is 27.1. The molecule has 0 spiro atoms. The average Bonchev–Trinajstić information content (AvgIpc) is 2.87. The van der Waals surface area contributed by atoms with Gasteiger partial charge in [-0.3, -0.25) is 19.9 Å². The molecule has 0 saturated heterocycles. The Bertz CT molecular complexity index is 1370. The molecule has 0 radical (unpaired) electrons. The zero-order valence-corrected chi connectivity index (χ0v) is 21.6. The van der Waals surface area contributed by atoms with Crippen LogP contribution in [0.3, 0.4) is 0 Å². The molecule has 0 aliphatic heterocycles. The number of rotatable bonds is 9. The van der Waals surface area contributed by atoms with E-state index in [2.05, 4.69) is 15.5 Å². The molecule has 9 nitrogen and oxygen atoms in total. The van der Waals surface area contributed by atoms with Crippen molar-refractivity contribution in [1.82, 2.24) is 5.43 Å². The van der Waals surface area contributed by atoms with Crippen LogP contribution in [-0.4, -0.2) is 34.5 Å². The summed E-state index contributed by atoms with van der Waals surface area (Å²) in [6.07, 6.45) is 1.35. The lowest BCUT2D eigenvalue weighted by Gasteiger charge is -2.15. The first kappa shape index (κ1) is 27.3. The van der Waals surface area contributed by atoms with Gasteiger partial charge in [0.2, 0.25) is 0 Å². The SMILES string of the molecule is C/C(=N\NC(=O)COc1cc(C)c(Cl)cc1C(C)C)c1ccc(N=Cc2cc([N+](=O)[O-])ccc2O)cc1. The van der Waals surface area contributed by atoms with E-state index >= 15 is 0 Å². The Kier molecular flexibility index (Phi) is 8.97. The molecule has 0 aromatic heterocycles. The highest BCUT2D eigenvalue weighted by Crippen LogP contribution is 2.32. The van der Waals surface area contributed by atoms with E-state index in [-0.39, 0.29) is 29.5 Å². The van der Waals surface area contributed by atoms with Gasteiger partial charge in [-0.2, -0.15) is 5.10 Å². The van der Waals surface area contributed by atoms with Crippen LogP contribution in [-0.2, 0) is 4.79 Å². The molecule has 0 bridgehead atoms. The number of amides is 1. The minimum atomic E-state index is -0.542. The molecule has 3 aromatic rings. The molecule has 3 aromatic carbocycles. The molecule has 0 unspecified atom stereocenters. The quantitative estimate of drug-likeness (QED) is 0.201. The van der Waals surface area contributed by atoms with Crippen LogP contribution in [0, 0.1) is 17.0 Å². The second-order valence-electron chi connectivity index (χ2n) is 8.62. The van der Waals surface area contributed by atoms with Crippen LogP contribution in [0.25, 0.3) is 0 Å². The topological polar surface area (TPSA) is 126 Å². The Morgan fingerprint density at radius 2 is 1.89 bits per heavy atom. The highest BCUT2D eigenvalue weighted by molar-refractivity contribution is 6.31. The lowest BCUT2D eigenvalue weighted by molar-refractivity contribution is -0.384. The molecular formula is C27H27ClN4O5. The number of carbonyl (C=O) groups excluding carboxylic acids is 1. The second-order valence-corrected chi connectivity index (χ2v) is 9.03. The number of phenolic OH excluding ortho intramolecular Hbond substituents is 1. The maximum atomic E-state index is 12.3. The van der Waals surface area contributed by atoms with Crippen molar-refractivity contribution in [2.45, 2.75) is 33.6 Å². The van der Waals surface area contributed by atoms with Crippen molar-refractivity contribution in [3.8, 4) is 11.5 Å². The van der Waals surface area contributed by atoms with Gasteiger partial charge < -0.3 is 9.84 Å². The van der Waals surface area contributed by atoms with Crippen molar-refractivity contribution < 1.29 is 19.6 Å². The summed E-state index contributed by atoms with van der Waals surface area (Å²) in [6, 6.07) is 14.4. The standard InChI is InChI=1S/C27H27ClN4O5/c1-16(2)23-13-24(28)17(3)11-26(23)37-15-27(34)31-30-18(4)19-5-7-21(8-6-19)29-14-20-12-22(32(35)36)9-10-25(20)33/h5-14,16,33H,15H2,1-4H3,(H,31,34)/b29-14?,30-18+. The summed E-state index contributed by atoms with van der Waals surface area (Å²) in [5.41, 5.74) is 6.27. The average molecular weight is 523 g/mol. The number of nitrogens with one attached hydrogen (secondary N) is 1. The molecule has 0 aliphatic carbocycles. The van der Waals surface area contributed by atoms with Gasteiger partial charge in [0.25, 0.3) is 11.6 Å². The molecule has 0 saturated carbocycles. The number of aromatic hydroxyl groups is 1. The molecule has 2 N–H and O–H groups in total. The van der Waals surface area contributed by atoms with Crippen LogP contribution in [0.4, 0.5) is 11.4 Å². The Morgan fingerprint density at radius 1 is 1.19 bits per heavy atom. The van der Waals surface area contributed by atoms with Gasteiger partial charge in [0, 0.05) is 28.9 Å². The van der Waals surface area contributed by atoms with Gasteiger partial charge in [0.1, 0.15) is 11.5 Å². The molecule has 0 fully saturated rings. The number of hydrogen-bond acceptors (Lipinski definition) is 7. The van der Waals surface area contributed by atoms with Gasteiger partial charge in [-0.15, -0.1) is 0 Å². The number of non-ortho nitro benzene ring substituents is 1. The Hall–Kier alpha value is -4.24. The smallest absolute Gasteiger partial charge is 0.277 e. The van der Waals surface area contributed by atoms with Gasteiger partial charge in [-0.1, -0.05) is 37.6 Å². The summed E-state index contributed by atoms with van der Waals surface area (Å²) in [6.45, 7) is 7.47. The number of hydrazone groups is 1. The number of phenols is 1. The van der Waals surface area contributed by atoms with Gasteiger partial charge in [-0.05, 0) is 66.8 Å². The molecule has 0 atom stereocenters. The Labute approximate surface area is 219 Å². The fraction of sp³-hybridized carbons (Fsp3) is 0.222. The third kappa shape index (κ3) is 7.37. The normalized spacial score (nSPS) is 11.7. The fourth-order valence-electron chi connectivity index (χ4n) is 3.32. The van der Waals surface area contributed by atoms with E-state index in [1.165, 1.54) is 24.4 Å². The van der Waals surface area contributed by atoms with E-state index < -0.39 is 10.8 Å². The molecular weight excluding hydrogens is 496 g/mol. The van der Waals surface area contributed by atoms with Gasteiger partial charge in [0.05, 0.1) is 16.3 Å². The Balaban J connectivity index is 1.61. The predicted octanol–water partition coefficient (Wildman–Crippen LogP) is 6.06. The fourth-order valence-corrected chi connectivity index (χ4v) is 3.50. The third-order valence-electron chi connectivity index (χ3n) is 5.48. The van der Waals surface area contributed by atoms with Crippen LogP contribution in [0.5, 0.6) is 11.5 Å². The van der Waals surface area contributed by atoms with E-state index in [0.717, 1.165) is 16.7 Å². The van der Waals surface area contributed by atoms with Crippen molar-refractivity contribution in [2.24, 2.45) is 10.1 Å². The molecule has 0 aliphatic rings. The molecule has 0 heterocycles. The number of nitrogens with zero attached hydrogens (tertiary/aromatic N) is 3. The molecule has 192 valence electrons. The number of nitro groups is 1. The number of nitro benzene ring substituents is 1. The highest BCUT2D eigenvalue weighted by atomic mass is 35.5. The number of halogens is 1. The third-order valence-corrected chi connectivity index (χ3v) is 5.89. The number of carbonyl (C=O) groups is 1. The lowest BCUT2D eigenvalue weighted by Crippen LogP contribution is -2.26. The van der Waals surface area contributed by atoms with Crippen LogP contribution >= 0.6 is 11.6 Å². The highest BCUT2D eigenvalue weighted by Gasteiger charge is 2.13. The number of aliphatic imine (C=N–C) groups is 1. The van der Waals surface area contributed by atoms with Crippen molar-refractivity contribution in [1.29, 1.82) is 0 Å². The summed E-state index contributed by atoms with van der Waals surface area (Å²) in [5, 5.41) is 25.6. The maximum Gasteiger partial charge on any atom is 0.277 e. The molecule has 37 heavy (non-hydrogen) atoms. The number of aryl methyl sites for hydroxylation is 1. The molecule has 10 heteroatoms. The summed E-state index contributed by atoms with van der Waals surface area (Å²) in [7, 11) is 0. The van der Waals surface area contributed by atoms with Crippen LogP contribution < -0.4 is 10.2 Å². The Morgan fingerprint density at radius 3 is 2.54 bits per heavy atom. The van der Waals surface area contributed by atoms with E-state index in [1.54, 1.807) is 31.2 Å². The van der Waals surface area contributed by atoms with E-state index in [0.29, 0.717) is 22.2 Å². The largest absolute Gasteiger partial charge is 0.507 e. The number of hydrogen-bond donors (Lipinski definition) is 2. The van der Waals surface area contributed by atoms with E-state index in [9.17, 15) is 20.0 Å². The second kappa shape index (κ2) is 12.1. The summed E-state index contributed by atoms with van der Waals surface area (Å²) in [4.78, 5) is 26.9. The predicted molar refractivity (Wildman–Crippen MR) is 145 cm³/mol. The number of benzene rings is 3. The first-order valence-corrected chi connectivity index (χ1v) is 11.8. The van der Waals surface area contributed by atoms with E-state index in [4.69, 9.17) is 16.3 Å². The monoisotopic (exact) mass is 522 g/mol. The summed E-state index contributed by atoms with van der Waals surface area (Å²) < 4.78 is 5.73. The zero-order valence-electron chi connectivity index (χ0n) is 20.9. The van der Waals surface area contributed by atoms with Crippen LogP contribution in [0.1, 0.15) is 48.9 Å². The first-order chi connectivity index (χ1) is 17.5. The van der Waals surface area contributed by atoms with Crippen LogP contribution in [0.15, 0.2) is 64.7 Å². The van der Waals surface area contributed by atoms with Crippen molar-refractivity contribution in [3.05, 3.63) is 92.0 Å². The van der Waals surface area contributed by atoms with Gasteiger partial charge in [-0.25, -0.2) is 5.43 Å². The van der Waals surface area contributed by atoms with Gasteiger partial charge in [0.15, 0.2) is 6.61 Å². The van der Waals surface area contributed by atoms with Crippen molar-refractivity contribution in [3.63, 3.8) is 0 Å². The summed E-state index contributed by atoms with van der Waals surface area (Å²) in [5.74, 6) is 0.280. The minimum absolute atomic E-state index is 0.111. The van der Waals surface area contributed by atoms with Crippen molar-refractivity contribution in [2.75, 3.05) is 6.61 Å². The van der Waals surface area contributed by atoms with Crippen LogP contribution in [0.2, 0.25) is 5.02 Å². The molecule has 1 amide bonds. The summed E-state index contributed by atoms with van der Waals surface area (Å²) >= 11 is 6.22. The van der Waals surface area contributed by atoms with Gasteiger partial charge >= 0.3 is 0 Å². The first-order valence-electron chi connectivity index (χ1n) is 11.4. The maximum absolute atomic E-state index is 12.3.